The first-order chi connectivity index (χ1) is 9.44. The van der Waals surface area contributed by atoms with Crippen molar-refractivity contribution in [2.24, 2.45) is 0 Å². The number of terminal acetylenes is 1. The minimum Gasteiger partial charge on any atom is -0.456 e. The molecule has 0 aromatic heterocycles. The zero-order chi connectivity index (χ0) is 14.8. The maximum atomic E-state index is 9.94. The lowest BCUT2D eigenvalue weighted by atomic mass is 9.97. The molecule has 2 rings (SSSR count). The first-order valence-corrected chi connectivity index (χ1v) is 6.62. The van der Waals surface area contributed by atoms with E-state index in [9.17, 15) is 5.11 Å². The molecule has 0 fully saturated rings. The summed E-state index contributed by atoms with van der Waals surface area (Å²) in [6.07, 6.45) is 5.27. The van der Waals surface area contributed by atoms with Gasteiger partial charge in [0.2, 0.25) is 0 Å². The molecule has 0 aliphatic rings. The second-order valence-corrected chi connectivity index (χ2v) is 5.18. The van der Waals surface area contributed by atoms with Gasteiger partial charge in [0.25, 0.3) is 0 Å². The van der Waals surface area contributed by atoms with Crippen molar-refractivity contribution in [3.05, 3.63) is 58.1 Å². The summed E-state index contributed by atoms with van der Waals surface area (Å²) >= 11 is 12.0. The number of aliphatic hydroxyl groups is 1. The third-order valence-corrected chi connectivity index (χ3v) is 3.64. The summed E-state index contributed by atoms with van der Waals surface area (Å²) in [7, 11) is 0. The molecule has 0 radical (unpaired) electrons. The Morgan fingerprint density at radius 3 is 2.40 bits per heavy atom. The standard InChI is InChI=1S/C16H12Cl2O2/c1-3-16(2,19)11-7-9-12(10-8-11)20-14-6-4-5-13(17)15(14)18/h1,4-10,19H,2H3. The van der Waals surface area contributed by atoms with E-state index in [1.165, 1.54) is 0 Å². The molecule has 0 saturated heterocycles. The molecule has 1 unspecified atom stereocenters. The van der Waals surface area contributed by atoms with Crippen LogP contribution in [0.1, 0.15) is 12.5 Å². The van der Waals surface area contributed by atoms with Crippen LogP contribution in [-0.4, -0.2) is 5.11 Å². The van der Waals surface area contributed by atoms with Crippen LogP contribution in [0.3, 0.4) is 0 Å². The normalized spacial score (nSPS) is 13.3. The first-order valence-electron chi connectivity index (χ1n) is 5.86. The van der Waals surface area contributed by atoms with Crippen molar-refractivity contribution in [2.45, 2.75) is 12.5 Å². The zero-order valence-electron chi connectivity index (χ0n) is 10.7. The molecule has 0 bridgehead atoms. The Kier molecular flexibility index (Phi) is 4.25. The maximum Gasteiger partial charge on any atom is 0.147 e. The van der Waals surface area contributed by atoms with Crippen molar-refractivity contribution >= 4 is 23.2 Å². The van der Waals surface area contributed by atoms with Crippen LogP contribution >= 0.6 is 23.2 Å². The Bertz CT molecular complexity index is 655. The average Bonchev–Trinajstić information content (AvgIpc) is 2.44. The highest BCUT2D eigenvalue weighted by Gasteiger charge is 2.19. The molecule has 1 atom stereocenters. The summed E-state index contributed by atoms with van der Waals surface area (Å²) in [6, 6.07) is 12.0. The van der Waals surface area contributed by atoms with E-state index in [1.807, 2.05) is 0 Å². The predicted octanol–water partition coefficient (Wildman–Crippen LogP) is 4.63. The monoisotopic (exact) mass is 306 g/mol. The lowest BCUT2D eigenvalue weighted by molar-refractivity contribution is 0.122. The predicted molar refractivity (Wildman–Crippen MR) is 81.4 cm³/mol. The second kappa shape index (κ2) is 5.76. The molecular weight excluding hydrogens is 295 g/mol. The molecule has 2 aromatic rings. The quantitative estimate of drug-likeness (QED) is 0.838. The van der Waals surface area contributed by atoms with Crippen LogP contribution in [0.5, 0.6) is 11.5 Å². The van der Waals surface area contributed by atoms with Crippen molar-refractivity contribution in [1.82, 2.24) is 0 Å². The maximum absolute atomic E-state index is 9.94. The topological polar surface area (TPSA) is 29.5 Å². The third-order valence-electron chi connectivity index (χ3n) is 2.84. The Balaban J connectivity index is 2.24. The van der Waals surface area contributed by atoms with Gasteiger partial charge in [-0.25, -0.2) is 0 Å². The molecule has 0 aliphatic carbocycles. The lowest BCUT2D eigenvalue weighted by Gasteiger charge is -2.17. The van der Waals surface area contributed by atoms with Gasteiger partial charge in [0.1, 0.15) is 22.1 Å². The summed E-state index contributed by atoms with van der Waals surface area (Å²) < 4.78 is 5.64. The smallest absolute Gasteiger partial charge is 0.147 e. The van der Waals surface area contributed by atoms with Crippen LogP contribution in [0.25, 0.3) is 0 Å². The number of halogens is 2. The molecule has 1 N–H and O–H groups in total. The Hall–Kier alpha value is -1.66. The third kappa shape index (κ3) is 3.08. The van der Waals surface area contributed by atoms with Crippen molar-refractivity contribution in [3.8, 4) is 23.8 Å². The second-order valence-electron chi connectivity index (χ2n) is 4.39. The van der Waals surface area contributed by atoms with Crippen molar-refractivity contribution in [2.75, 3.05) is 0 Å². The van der Waals surface area contributed by atoms with Crippen LogP contribution in [0, 0.1) is 12.3 Å². The summed E-state index contributed by atoms with van der Waals surface area (Å²) in [6.45, 7) is 1.55. The van der Waals surface area contributed by atoms with Gasteiger partial charge in [0.15, 0.2) is 0 Å². The van der Waals surface area contributed by atoms with Crippen molar-refractivity contribution in [3.63, 3.8) is 0 Å². The van der Waals surface area contributed by atoms with Crippen LogP contribution in [0.2, 0.25) is 10.0 Å². The minimum atomic E-state index is -1.30. The fraction of sp³-hybridized carbons (Fsp3) is 0.125. The van der Waals surface area contributed by atoms with Crippen LogP contribution < -0.4 is 4.74 Å². The molecule has 2 nitrogen and oxygen atoms in total. The first kappa shape index (κ1) is 14.7. The van der Waals surface area contributed by atoms with Gasteiger partial charge >= 0.3 is 0 Å². The SMILES string of the molecule is C#CC(C)(O)c1ccc(Oc2cccc(Cl)c2Cl)cc1. The summed E-state index contributed by atoms with van der Waals surface area (Å²) in [5, 5.41) is 10.7. The highest BCUT2D eigenvalue weighted by atomic mass is 35.5. The molecule has 0 spiro atoms. The summed E-state index contributed by atoms with van der Waals surface area (Å²) in [5.74, 6) is 3.36. The van der Waals surface area contributed by atoms with E-state index in [4.69, 9.17) is 34.4 Å². The fourth-order valence-corrected chi connectivity index (χ4v) is 1.95. The summed E-state index contributed by atoms with van der Waals surface area (Å²) in [5.41, 5.74) is -0.684. The van der Waals surface area contributed by atoms with E-state index in [0.717, 1.165) is 0 Å². The van der Waals surface area contributed by atoms with Gasteiger partial charge in [-0.15, -0.1) is 6.42 Å². The lowest BCUT2D eigenvalue weighted by Crippen LogP contribution is -2.17. The molecule has 0 aliphatic heterocycles. The molecule has 4 heteroatoms. The molecule has 0 heterocycles. The van der Waals surface area contributed by atoms with Crippen LogP contribution in [-0.2, 0) is 5.60 Å². The van der Waals surface area contributed by atoms with Crippen molar-refractivity contribution in [1.29, 1.82) is 0 Å². The van der Waals surface area contributed by atoms with E-state index in [-0.39, 0.29) is 0 Å². The Labute approximate surface area is 127 Å². The van der Waals surface area contributed by atoms with Crippen molar-refractivity contribution < 1.29 is 9.84 Å². The van der Waals surface area contributed by atoms with Crippen LogP contribution in [0.15, 0.2) is 42.5 Å². The number of rotatable bonds is 3. The van der Waals surface area contributed by atoms with Gasteiger partial charge < -0.3 is 9.84 Å². The molecular formula is C16H12Cl2O2. The zero-order valence-corrected chi connectivity index (χ0v) is 12.2. The van der Waals surface area contributed by atoms with Crippen LogP contribution in [0.4, 0.5) is 0 Å². The van der Waals surface area contributed by atoms with Gasteiger partial charge in [-0.3, -0.25) is 0 Å². The summed E-state index contributed by atoms with van der Waals surface area (Å²) in [4.78, 5) is 0. The molecule has 20 heavy (non-hydrogen) atoms. The average molecular weight is 307 g/mol. The highest BCUT2D eigenvalue weighted by Crippen LogP contribution is 2.35. The number of hydrogen-bond donors (Lipinski definition) is 1. The Morgan fingerprint density at radius 2 is 1.80 bits per heavy atom. The van der Waals surface area contributed by atoms with E-state index in [2.05, 4.69) is 5.92 Å². The van der Waals surface area contributed by atoms with E-state index < -0.39 is 5.60 Å². The Morgan fingerprint density at radius 1 is 1.15 bits per heavy atom. The van der Waals surface area contributed by atoms with Gasteiger partial charge in [-0.2, -0.15) is 0 Å². The van der Waals surface area contributed by atoms with E-state index in [1.54, 1.807) is 49.4 Å². The number of benzene rings is 2. The molecule has 2 aromatic carbocycles. The van der Waals surface area contributed by atoms with E-state index in [0.29, 0.717) is 27.1 Å². The van der Waals surface area contributed by atoms with Gasteiger partial charge in [0.05, 0.1) is 5.02 Å². The minimum absolute atomic E-state index is 0.355. The molecule has 0 amide bonds. The van der Waals surface area contributed by atoms with E-state index >= 15 is 0 Å². The highest BCUT2D eigenvalue weighted by molar-refractivity contribution is 6.42. The van der Waals surface area contributed by atoms with Gasteiger partial charge in [-0.05, 0) is 36.8 Å². The number of ether oxygens (including phenoxy) is 1. The van der Waals surface area contributed by atoms with Gasteiger partial charge in [-0.1, -0.05) is 47.3 Å². The largest absolute Gasteiger partial charge is 0.456 e. The number of hydrogen-bond acceptors (Lipinski definition) is 2. The molecule has 102 valence electrons. The fourth-order valence-electron chi connectivity index (χ4n) is 1.62. The molecule has 0 saturated carbocycles. The van der Waals surface area contributed by atoms with Gasteiger partial charge in [0, 0.05) is 0 Å².